The van der Waals surface area contributed by atoms with Gasteiger partial charge in [0.2, 0.25) is 0 Å². The van der Waals surface area contributed by atoms with Crippen molar-refractivity contribution >= 4 is 23.5 Å². The number of benzene rings is 1. The molecule has 2 heterocycles. The summed E-state index contributed by atoms with van der Waals surface area (Å²) in [5.74, 6) is -3.99. The largest absolute Gasteiger partial charge is 0.490 e. The van der Waals surface area contributed by atoms with E-state index in [9.17, 15) is 22.8 Å². The number of carboxylic acids is 2. The number of nitrogens with zero attached hydrogens (tertiary/aromatic N) is 3. The van der Waals surface area contributed by atoms with Crippen molar-refractivity contribution in [2.45, 2.75) is 25.1 Å². The zero-order valence-corrected chi connectivity index (χ0v) is 17.1. The lowest BCUT2D eigenvalue weighted by Gasteiger charge is -2.37. The number of amides is 1. The van der Waals surface area contributed by atoms with Gasteiger partial charge in [0.15, 0.2) is 0 Å². The Labute approximate surface area is 181 Å². The van der Waals surface area contributed by atoms with Gasteiger partial charge in [0, 0.05) is 44.3 Å². The number of halogens is 3. The highest BCUT2D eigenvalue weighted by Gasteiger charge is 2.38. The summed E-state index contributed by atoms with van der Waals surface area (Å²) in [6.45, 7) is 1.30. The number of alkyl halides is 3. The number of anilines is 1. The van der Waals surface area contributed by atoms with Crippen molar-refractivity contribution in [3.05, 3.63) is 59.9 Å². The van der Waals surface area contributed by atoms with Gasteiger partial charge >= 0.3 is 18.1 Å². The molecule has 3 rings (SSSR count). The van der Waals surface area contributed by atoms with Crippen LogP contribution in [0.2, 0.25) is 0 Å². The van der Waals surface area contributed by atoms with Crippen LogP contribution >= 0.6 is 0 Å². The molecule has 1 amide bonds. The number of carbonyl (C=O) groups is 3. The zero-order valence-electron chi connectivity index (χ0n) is 17.1. The van der Waals surface area contributed by atoms with E-state index < -0.39 is 18.1 Å². The molecule has 172 valence electrons. The first-order chi connectivity index (χ1) is 15.0. The molecule has 0 atom stereocenters. The summed E-state index contributed by atoms with van der Waals surface area (Å²) < 4.78 is 31.7. The Morgan fingerprint density at radius 2 is 1.56 bits per heavy atom. The minimum absolute atomic E-state index is 0.0320. The number of carboxylic acid groups (broad SMARTS) is 2. The molecule has 0 aliphatic carbocycles. The van der Waals surface area contributed by atoms with Crippen molar-refractivity contribution in [2.75, 3.05) is 25.0 Å². The highest BCUT2D eigenvalue weighted by molar-refractivity contribution is 5.97. The van der Waals surface area contributed by atoms with Crippen LogP contribution in [-0.4, -0.2) is 70.3 Å². The Kier molecular flexibility index (Phi) is 8.16. The summed E-state index contributed by atoms with van der Waals surface area (Å²) in [7, 11) is 2.08. The van der Waals surface area contributed by atoms with Crippen LogP contribution in [0.15, 0.2) is 48.8 Å². The Balaban J connectivity index is 0.000000451. The molecule has 2 aromatic rings. The second-order valence-corrected chi connectivity index (χ2v) is 7.04. The SMILES string of the molecule is CN(c1ccccc1)C1CCN(C(=O)c2cncc(C(=O)O)c2)CC1.O=C(O)C(F)(F)F. The minimum atomic E-state index is -5.08. The van der Waals surface area contributed by atoms with Crippen molar-refractivity contribution in [3.8, 4) is 0 Å². The lowest BCUT2D eigenvalue weighted by Crippen LogP contribution is -2.45. The maximum Gasteiger partial charge on any atom is 0.490 e. The highest BCUT2D eigenvalue weighted by Crippen LogP contribution is 2.22. The molecule has 1 aromatic heterocycles. The second-order valence-electron chi connectivity index (χ2n) is 7.04. The van der Waals surface area contributed by atoms with E-state index in [0.29, 0.717) is 24.7 Å². The number of rotatable bonds is 4. The number of pyridine rings is 1. The molecule has 1 saturated heterocycles. The lowest BCUT2D eigenvalue weighted by molar-refractivity contribution is -0.192. The third-order valence-corrected chi connectivity index (χ3v) is 4.94. The maximum absolute atomic E-state index is 12.6. The monoisotopic (exact) mass is 453 g/mol. The molecule has 1 fully saturated rings. The summed E-state index contributed by atoms with van der Waals surface area (Å²) in [6, 6.07) is 12.0. The van der Waals surface area contributed by atoms with Gasteiger partial charge in [-0.3, -0.25) is 9.78 Å². The molecule has 2 N–H and O–H groups in total. The first-order valence-corrected chi connectivity index (χ1v) is 9.56. The fraction of sp³-hybridized carbons (Fsp3) is 0.333. The van der Waals surface area contributed by atoms with E-state index in [1.54, 1.807) is 4.90 Å². The molecule has 32 heavy (non-hydrogen) atoms. The quantitative estimate of drug-likeness (QED) is 0.732. The molecule has 11 heteroatoms. The number of carbonyl (C=O) groups excluding carboxylic acids is 1. The molecule has 0 bridgehead atoms. The van der Waals surface area contributed by atoms with Crippen molar-refractivity contribution in [1.29, 1.82) is 0 Å². The Morgan fingerprint density at radius 3 is 2.06 bits per heavy atom. The summed E-state index contributed by atoms with van der Waals surface area (Å²) in [5.41, 5.74) is 1.53. The first-order valence-electron chi connectivity index (χ1n) is 9.56. The number of hydrogen-bond acceptors (Lipinski definition) is 5. The summed E-state index contributed by atoms with van der Waals surface area (Å²) in [5, 5.41) is 16.2. The fourth-order valence-electron chi connectivity index (χ4n) is 3.19. The van der Waals surface area contributed by atoms with Crippen LogP contribution in [0.3, 0.4) is 0 Å². The third-order valence-electron chi connectivity index (χ3n) is 4.94. The standard InChI is InChI=1S/C19H21N3O3.C2HF3O2/c1-21(16-5-3-2-4-6-16)17-7-9-22(10-8-17)18(23)14-11-15(19(24)25)13-20-12-14;3-2(4,5)1(6)7/h2-6,11-13,17H,7-10H2,1H3,(H,24,25);(H,6,7). The van der Waals surface area contributed by atoms with E-state index in [1.807, 2.05) is 18.2 Å². The number of aliphatic carboxylic acids is 1. The van der Waals surface area contributed by atoms with Gasteiger partial charge in [-0.05, 0) is 31.0 Å². The third kappa shape index (κ3) is 6.69. The topological polar surface area (TPSA) is 111 Å². The number of hydrogen-bond donors (Lipinski definition) is 2. The van der Waals surface area contributed by atoms with Gasteiger partial charge in [-0.1, -0.05) is 18.2 Å². The van der Waals surface area contributed by atoms with Gasteiger partial charge in [0.25, 0.3) is 5.91 Å². The van der Waals surface area contributed by atoms with Crippen molar-refractivity contribution in [2.24, 2.45) is 0 Å². The Hall–Kier alpha value is -3.63. The van der Waals surface area contributed by atoms with Crippen LogP contribution in [0.5, 0.6) is 0 Å². The van der Waals surface area contributed by atoms with E-state index >= 15 is 0 Å². The molecule has 1 aliphatic rings. The number of aromatic carboxylic acids is 1. The number of likely N-dealkylation sites (tertiary alicyclic amines) is 1. The Morgan fingerprint density at radius 1 is 1.03 bits per heavy atom. The van der Waals surface area contributed by atoms with Crippen molar-refractivity contribution in [1.82, 2.24) is 9.88 Å². The van der Waals surface area contributed by atoms with Crippen LogP contribution in [0.25, 0.3) is 0 Å². The van der Waals surface area contributed by atoms with Crippen LogP contribution < -0.4 is 4.90 Å². The van der Waals surface area contributed by atoms with E-state index in [-0.39, 0.29) is 11.5 Å². The van der Waals surface area contributed by atoms with Gasteiger partial charge in [-0.2, -0.15) is 13.2 Å². The minimum Gasteiger partial charge on any atom is -0.478 e. The molecular weight excluding hydrogens is 431 g/mol. The molecule has 1 aliphatic heterocycles. The first kappa shape index (κ1) is 24.6. The van der Waals surface area contributed by atoms with Gasteiger partial charge in [0.1, 0.15) is 0 Å². The summed E-state index contributed by atoms with van der Waals surface area (Å²) in [6.07, 6.45) is -0.649. The molecular formula is C21H22F3N3O5. The number of piperidine rings is 1. The van der Waals surface area contributed by atoms with Crippen LogP contribution in [-0.2, 0) is 4.79 Å². The molecule has 0 unspecified atom stereocenters. The van der Waals surface area contributed by atoms with Crippen LogP contribution in [0.4, 0.5) is 18.9 Å². The molecule has 0 spiro atoms. The second kappa shape index (κ2) is 10.6. The highest BCUT2D eigenvalue weighted by atomic mass is 19.4. The molecule has 1 aromatic carbocycles. The zero-order chi connectivity index (χ0) is 23.9. The maximum atomic E-state index is 12.6. The van der Waals surface area contributed by atoms with E-state index in [1.165, 1.54) is 24.1 Å². The molecule has 0 radical (unpaired) electrons. The van der Waals surface area contributed by atoms with E-state index in [0.717, 1.165) is 12.8 Å². The number of para-hydroxylation sites is 1. The molecule has 8 nitrogen and oxygen atoms in total. The van der Waals surface area contributed by atoms with E-state index in [2.05, 4.69) is 29.1 Å². The predicted octanol–water partition coefficient (Wildman–Crippen LogP) is 3.15. The van der Waals surface area contributed by atoms with Crippen LogP contribution in [0, 0.1) is 0 Å². The van der Waals surface area contributed by atoms with Crippen molar-refractivity contribution in [3.63, 3.8) is 0 Å². The average molecular weight is 453 g/mol. The smallest absolute Gasteiger partial charge is 0.478 e. The Bertz CT molecular complexity index is 945. The van der Waals surface area contributed by atoms with E-state index in [4.69, 9.17) is 15.0 Å². The van der Waals surface area contributed by atoms with Gasteiger partial charge in [-0.25, -0.2) is 9.59 Å². The molecule has 0 saturated carbocycles. The summed E-state index contributed by atoms with van der Waals surface area (Å²) >= 11 is 0. The number of aromatic nitrogens is 1. The van der Waals surface area contributed by atoms with Gasteiger partial charge in [-0.15, -0.1) is 0 Å². The van der Waals surface area contributed by atoms with Gasteiger partial charge in [0.05, 0.1) is 11.1 Å². The normalized spacial score (nSPS) is 14.2. The van der Waals surface area contributed by atoms with Crippen molar-refractivity contribution < 1.29 is 37.8 Å². The fourth-order valence-corrected chi connectivity index (χ4v) is 3.19. The average Bonchev–Trinajstić information content (AvgIpc) is 2.78. The lowest BCUT2D eigenvalue weighted by atomic mass is 10.0. The van der Waals surface area contributed by atoms with Crippen LogP contribution in [0.1, 0.15) is 33.6 Å². The van der Waals surface area contributed by atoms with Gasteiger partial charge < -0.3 is 20.0 Å². The summed E-state index contributed by atoms with van der Waals surface area (Å²) in [4.78, 5) is 40.4. The predicted molar refractivity (Wildman–Crippen MR) is 109 cm³/mol.